The Morgan fingerprint density at radius 1 is 1.16 bits per heavy atom. The Morgan fingerprint density at radius 2 is 1.91 bits per heavy atom. The zero-order chi connectivity index (χ0) is 31.9. The lowest BCUT2D eigenvalue weighted by atomic mass is 10.00. The van der Waals surface area contributed by atoms with E-state index in [9.17, 15) is 28.8 Å². The molecule has 5 amide bonds. The van der Waals surface area contributed by atoms with Crippen molar-refractivity contribution >= 4 is 52.6 Å². The van der Waals surface area contributed by atoms with Crippen LogP contribution in [-0.4, -0.2) is 83.5 Å². The van der Waals surface area contributed by atoms with Crippen molar-refractivity contribution in [1.29, 1.82) is 5.41 Å². The largest absolute Gasteiger partial charge is 0.370 e. The summed E-state index contributed by atoms with van der Waals surface area (Å²) in [6.07, 6.45) is 3.24. The first-order valence-corrected chi connectivity index (χ1v) is 15.2. The second-order valence-electron chi connectivity index (χ2n) is 10.8. The summed E-state index contributed by atoms with van der Waals surface area (Å²) >= 11 is 1.14. The fourth-order valence-electron chi connectivity index (χ4n) is 4.49. The maximum atomic E-state index is 13.6. The molecule has 1 fully saturated rings. The van der Waals surface area contributed by atoms with Gasteiger partial charge in [0, 0.05) is 31.6 Å². The molecule has 238 valence electrons. The van der Waals surface area contributed by atoms with E-state index in [0.717, 1.165) is 11.3 Å². The van der Waals surface area contributed by atoms with Crippen molar-refractivity contribution < 1.29 is 28.8 Å². The van der Waals surface area contributed by atoms with Crippen LogP contribution in [0.25, 0.3) is 0 Å². The Bertz CT molecular complexity index is 1140. The Hall–Kier alpha value is -4.08. The van der Waals surface area contributed by atoms with Gasteiger partial charge in [-0.15, -0.1) is 11.3 Å². The van der Waals surface area contributed by atoms with E-state index in [-0.39, 0.29) is 54.9 Å². The monoisotopic (exact) mass is 621 g/mol. The lowest BCUT2D eigenvalue weighted by molar-refractivity contribution is -0.135. The third-order valence-corrected chi connectivity index (χ3v) is 7.35. The minimum atomic E-state index is -1.18. The van der Waals surface area contributed by atoms with Gasteiger partial charge in [-0.3, -0.25) is 34.2 Å². The van der Waals surface area contributed by atoms with Crippen LogP contribution in [0.1, 0.15) is 75.5 Å². The summed E-state index contributed by atoms with van der Waals surface area (Å²) in [5.41, 5.74) is 5.33. The number of rotatable bonds is 11. The van der Waals surface area contributed by atoms with Crippen molar-refractivity contribution in [3.63, 3.8) is 0 Å². The third-order valence-electron chi connectivity index (χ3n) is 6.56. The highest BCUT2D eigenvalue weighted by Gasteiger charge is 2.32. The number of carbonyl (C=O) groups is 6. The molecule has 1 aliphatic rings. The van der Waals surface area contributed by atoms with Crippen LogP contribution in [0.3, 0.4) is 0 Å². The van der Waals surface area contributed by atoms with Crippen LogP contribution in [-0.2, 0) is 24.0 Å². The molecule has 0 spiro atoms. The van der Waals surface area contributed by atoms with Crippen molar-refractivity contribution in [1.82, 2.24) is 36.9 Å². The van der Waals surface area contributed by atoms with Crippen molar-refractivity contribution in [2.24, 2.45) is 11.7 Å². The normalized spacial score (nSPS) is 20.9. The Kier molecular flexibility index (Phi) is 14.5. The smallest absolute Gasteiger partial charge is 0.243 e. The van der Waals surface area contributed by atoms with E-state index < -0.39 is 53.7 Å². The van der Waals surface area contributed by atoms with Crippen LogP contribution in [0.5, 0.6) is 0 Å². The van der Waals surface area contributed by atoms with Gasteiger partial charge in [0.05, 0.1) is 12.5 Å². The van der Waals surface area contributed by atoms with Crippen LogP contribution in [0.4, 0.5) is 0 Å². The summed E-state index contributed by atoms with van der Waals surface area (Å²) in [5.74, 6) is -3.43. The summed E-state index contributed by atoms with van der Waals surface area (Å²) in [6.45, 7) is 5.53. The van der Waals surface area contributed by atoms with Crippen molar-refractivity contribution in [2.45, 2.75) is 89.9 Å². The first-order valence-electron chi connectivity index (χ1n) is 14.3. The Morgan fingerprint density at radius 3 is 2.53 bits per heavy atom. The lowest BCUT2D eigenvalue weighted by Crippen LogP contribution is -2.58. The van der Waals surface area contributed by atoms with E-state index in [4.69, 9.17) is 11.1 Å². The summed E-state index contributed by atoms with van der Waals surface area (Å²) in [4.78, 5) is 81.5. The molecule has 1 aromatic rings. The number of nitrogens with two attached hydrogens (primary N) is 1. The van der Waals surface area contributed by atoms with Gasteiger partial charge in [-0.05, 0) is 44.4 Å². The zero-order valence-electron chi connectivity index (χ0n) is 24.8. The first-order chi connectivity index (χ1) is 20.4. The van der Waals surface area contributed by atoms with E-state index in [0.29, 0.717) is 25.8 Å². The van der Waals surface area contributed by atoms with Crippen LogP contribution in [0.15, 0.2) is 11.6 Å². The van der Waals surface area contributed by atoms with E-state index in [1.165, 1.54) is 13.1 Å². The van der Waals surface area contributed by atoms with E-state index >= 15 is 0 Å². The van der Waals surface area contributed by atoms with E-state index in [2.05, 4.69) is 36.9 Å². The van der Waals surface area contributed by atoms with Gasteiger partial charge < -0.3 is 37.6 Å². The van der Waals surface area contributed by atoms with Gasteiger partial charge in [0.25, 0.3) is 0 Å². The number of nitrogens with one attached hydrogen (secondary N) is 7. The fourth-order valence-corrected chi connectivity index (χ4v) is 5.13. The number of Topliss-reactive ketones (excluding diaryl/α,β-unsaturated/α-hetero) is 1. The van der Waals surface area contributed by atoms with E-state index in [1.807, 2.05) is 13.8 Å². The average molecular weight is 622 g/mol. The highest BCUT2D eigenvalue weighted by atomic mass is 32.1. The molecule has 2 rings (SSSR count). The number of thiazole rings is 1. The lowest BCUT2D eigenvalue weighted by Gasteiger charge is -2.27. The standard InChI is InChI=1S/C27H43N9O6S/c1-15(2)13-19-24(41)35-18(7-4-5-9-30-21(38)14-20(25(42)36-19)33-16(3)37)23(40)34-17(8-6-10-32-27(28)29)22(39)26-31-11-12-43-26/h11-12,15,17-20H,4-10,13-14H2,1-3H3,(H,30,38)(H,33,37)(H,34,40)(H,35,41)(H,36,42)(H4,28,29,32)/t17?,18-,19-,20-/m0/s1. The molecule has 43 heavy (non-hydrogen) atoms. The second kappa shape index (κ2) is 17.8. The number of amides is 5. The van der Waals surface area contributed by atoms with Gasteiger partial charge in [-0.2, -0.15) is 0 Å². The van der Waals surface area contributed by atoms with E-state index in [1.54, 1.807) is 5.38 Å². The number of hydrogen-bond donors (Lipinski definition) is 8. The van der Waals surface area contributed by atoms with Crippen molar-refractivity contribution in [3.05, 3.63) is 16.6 Å². The number of ketones is 1. The van der Waals surface area contributed by atoms with Crippen LogP contribution in [0.2, 0.25) is 0 Å². The minimum absolute atomic E-state index is 0.0198. The summed E-state index contributed by atoms with van der Waals surface area (Å²) in [7, 11) is 0. The Balaban J connectivity index is 2.28. The maximum absolute atomic E-state index is 13.6. The first kappa shape index (κ1) is 35.1. The van der Waals surface area contributed by atoms with Gasteiger partial charge in [0.1, 0.15) is 18.1 Å². The summed E-state index contributed by atoms with van der Waals surface area (Å²) in [5, 5.41) is 25.2. The molecule has 0 saturated carbocycles. The number of carbonyl (C=O) groups excluding carboxylic acids is 6. The molecule has 1 aromatic heterocycles. The van der Waals surface area contributed by atoms with Gasteiger partial charge in [0.2, 0.25) is 35.3 Å². The SMILES string of the molecule is CC(=O)N[C@H]1CC(=O)NCCCC[C@@H](C(=O)NC(CCCNC(=N)N)C(=O)c2nccs2)NC(=O)[C@H](CC(C)C)NC1=O. The molecule has 15 nitrogen and oxygen atoms in total. The highest BCUT2D eigenvalue weighted by molar-refractivity contribution is 7.11. The maximum Gasteiger partial charge on any atom is 0.243 e. The molecular weight excluding hydrogens is 578 g/mol. The Labute approximate surface area is 254 Å². The predicted molar refractivity (Wildman–Crippen MR) is 160 cm³/mol. The molecule has 1 saturated heterocycles. The number of aromatic nitrogens is 1. The molecular formula is C27H43N9O6S. The molecule has 0 bridgehead atoms. The van der Waals surface area contributed by atoms with Crippen molar-refractivity contribution in [3.8, 4) is 0 Å². The van der Waals surface area contributed by atoms with Crippen LogP contribution in [0, 0.1) is 11.3 Å². The molecule has 9 N–H and O–H groups in total. The predicted octanol–water partition coefficient (Wildman–Crippen LogP) is -0.716. The van der Waals surface area contributed by atoms with Crippen LogP contribution >= 0.6 is 11.3 Å². The molecule has 4 atom stereocenters. The second-order valence-corrected chi connectivity index (χ2v) is 11.7. The number of guanidine groups is 1. The topological polar surface area (TPSA) is 237 Å². The molecule has 0 radical (unpaired) electrons. The number of nitrogens with zero attached hydrogens (tertiary/aromatic N) is 1. The molecule has 0 aromatic carbocycles. The highest BCUT2D eigenvalue weighted by Crippen LogP contribution is 2.13. The van der Waals surface area contributed by atoms with Gasteiger partial charge in [-0.25, -0.2) is 4.98 Å². The third kappa shape index (κ3) is 12.8. The molecule has 1 aliphatic heterocycles. The average Bonchev–Trinajstić information content (AvgIpc) is 3.46. The molecule has 1 unspecified atom stereocenters. The van der Waals surface area contributed by atoms with Crippen LogP contribution < -0.4 is 37.6 Å². The molecule has 0 aliphatic carbocycles. The fraction of sp³-hybridized carbons (Fsp3) is 0.630. The molecule has 16 heteroatoms. The number of hydrogen-bond acceptors (Lipinski definition) is 9. The summed E-state index contributed by atoms with van der Waals surface area (Å²) < 4.78 is 0. The van der Waals surface area contributed by atoms with Gasteiger partial charge in [-0.1, -0.05) is 13.8 Å². The molecule has 2 heterocycles. The zero-order valence-corrected chi connectivity index (χ0v) is 25.6. The summed E-state index contributed by atoms with van der Waals surface area (Å²) in [6, 6.07) is -4.21. The quantitative estimate of drug-likeness (QED) is 0.0673. The minimum Gasteiger partial charge on any atom is -0.370 e. The van der Waals surface area contributed by atoms with Crippen molar-refractivity contribution in [2.75, 3.05) is 13.1 Å². The van der Waals surface area contributed by atoms with Gasteiger partial charge >= 0.3 is 0 Å². The van der Waals surface area contributed by atoms with Gasteiger partial charge in [0.15, 0.2) is 11.0 Å².